The third-order valence-electron chi connectivity index (χ3n) is 5.84. The number of carbonyl (C=O) groups is 1. The molecule has 6 nitrogen and oxygen atoms in total. The molecule has 1 aliphatic heterocycles. The van der Waals surface area contributed by atoms with Crippen LogP contribution in [0.5, 0.6) is 5.75 Å². The highest BCUT2D eigenvalue weighted by molar-refractivity contribution is 5.78. The van der Waals surface area contributed by atoms with Gasteiger partial charge in [-0.2, -0.15) is 0 Å². The predicted octanol–water partition coefficient (Wildman–Crippen LogP) is 3.56. The maximum absolute atomic E-state index is 13.1. The van der Waals surface area contributed by atoms with Crippen molar-refractivity contribution >= 4 is 5.91 Å². The van der Waals surface area contributed by atoms with Crippen LogP contribution in [0.3, 0.4) is 0 Å². The van der Waals surface area contributed by atoms with E-state index in [2.05, 4.69) is 22.0 Å². The van der Waals surface area contributed by atoms with E-state index in [0.29, 0.717) is 39.3 Å². The Balaban J connectivity index is 1.45. The van der Waals surface area contributed by atoms with Gasteiger partial charge in [0.05, 0.1) is 32.1 Å². The molecule has 1 aliphatic rings. The molecule has 1 aromatic heterocycles. The highest BCUT2D eigenvalue weighted by Gasteiger charge is 2.28. The Morgan fingerprint density at radius 3 is 2.58 bits per heavy atom. The minimum atomic E-state index is -0.0952. The van der Waals surface area contributed by atoms with Crippen LogP contribution in [-0.4, -0.2) is 60.1 Å². The zero-order valence-corrected chi connectivity index (χ0v) is 19.1. The molecule has 0 N–H and O–H groups in total. The number of nitrogens with zero attached hydrogens (tertiary/aromatic N) is 3. The van der Waals surface area contributed by atoms with Crippen LogP contribution in [0.2, 0.25) is 0 Å². The number of hydrogen-bond donors (Lipinski definition) is 0. The largest absolute Gasteiger partial charge is 0.497 e. The number of carbonyl (C=O) groups excluding carboxylic acids is 1. The fourth-order valence-corrected chi connectivity index (χ4v) is 4.10. The second kappa shape index (κ2) is 11.6. The Hall–Kier alpha value is -3.22. The first-order valence-electron chi connectivity index (χ1n) is 11.4. The molecule has 0 bridgehead atoms. The van der Waals surface area contributed by atoms with Crippen LogP contribution < -0.4 is 4.74 Å². The fraction of sp³-hybridized carbons (Fsp3) is 0.333. The van der Waals surface area contributed by atoms with Gasteiger partial charge in [0.2, 0.25) is 5.91 Å². The van der Waals surface area contributed by atoms with Crippen LogP contribution in [0.1, 0.15) is 16.8 Å². The van der Waals surface area contributed by atoms with Crippen LogP contribution >= 0.6 is 0 Å². The van der Waals surface area contributed by atoms with Crippen LogP contribution in [0.15, 0.2) is 79.0 Å². The number of hydrogen-bond acceptors (Lipinski definition) is 5. The van der Waals surface area contributed by atoms with E-state index in [4.69, 9.17) is 9.47 Å². The molecule has 33 heavy (non-hydrogen) atoms. The Labute approximate surface area is 195 Å². The average molecular weight is 446 g/mol. The molecule has 2 heterocycles. The normalized spacial score (nSPS) is 17.1. The second-order valence-corrected chi connectivity index (χ2v) is 8.35. The molecule has 4 rings (SSSR count). The van der Waals surface area contributed by atoms with E-state index in [9.17, 15) is 4.79 Å². The molecule has 1 unspecified atom stereocenters. The van der Waals surface area contributed by atoms with Crippen LogP contribution in [0, 0.1) is 0 Å². The molecular weight excluding hydrogens is 414 g/mol. The SMILES string of the molecule is COc1cccc(COC2CN(Cc3ccccn3)CC(=O)N(CCc3ccccc3)C2)c1. The van der Waals surface area contributed by atoms with E-state index in [1.54, 1.807) is 13.3 Å². The van der Waals surface area contributed by atoms with Gasteiger partial charge >= 0.3 is 0 Å². The van der Waals surface area contributed by atoms with Crippen molar-refractivity contribution in [1.82, 2.24) is 14.8 Å². The standard InChI is InChI=1S/C27H31N3O3/c1-32-25-12-7-10-23(16-25)21-33-26-18-29(17-24-11-5-6-14-28-24)20-27(31)30(19-26)15-13-22-8-3-2-4-9-22/h2-12,14,16,26H,13,15,17-21H2,1H3. The van der Waals surface area contributed by atoms with Crippen LogP contribution in [0.25, 0.3) is 0 Å². The molecule has 2 aromatic carbocycles. The lowest BCUT2D eigenvalue weighted by Gasteiger charge is -2.25. The molecule has 1 saturated heterocycles. The van der Waals surface area contributed by atoms with Crippen molar-refractivity contribution in [3.8, 4) is 5.75 Å². The lowest BCUT2D eigenvalue weighted by molar-refractivity contribution is -0.131. The summed E-state index contributed by atoms with van der Waals surface area (Å²) in [5.41, 5.74) is 3.24. The van der Waals surface area contributed by atoms with Gasteiger partial charge in [-0.05, 0) is 41.8 Å². The molecule has 0 spiro atoms. The van der Waals surface area contributed by atoms with Crippen molar-refractivity contribution in [2.24, 2.45) is 0 Å². The van der Waals surface area contributed by atoms with Gasteiger partial charge in [0.15, 0.2) is 0 Å². The summed E-state index contributed by atoms with van der Waals surface area (Å²) < 4.78 is 11.7. The summed E-state index contributed by atoms with van der Waals surface area (Å²) in [5.74, 6) is 0.947. The lowest BCUT2D eigenvalue weighted by Crippen LogP contribution is -2.39. The lowest BCUT2D eigenvalue weighted by atomic mass is 10.1. The molecule has 6 heteroatoms. The van der Waals surface area contributed by atoms with Gasteiger partial charge in [0.25, 0.3) is 0 Å². The van der Waals surface area contributed by atoms with Crippen molar-refractivity contribution in [3.63, 3.8) is 0 Å². The molecule has 3 aromatic rings. The third-order valence-corrected chi connectivity index (χ3v) is 5.84. The number of aromatic nitrogens is 1. The maximum Gasteiger partial charge on any atom is 0.236 e. The average Bonchev–Trinajstić information content (AvgIpc) is 3.00. The topological polar surface area (TPSA) is 54.9 Å². The quantitative estimate of drug-likeness (QED) is 0.504. The van der Waals surface area contributed by atoms with Crippen molar-refractivity contribution in [1.29, 1.82) is 0 Å². The minimum absolute atomic E-state index is 0.0952. The number of benzene rings is 2. The van der Waals surface area contributed by atoms with Crippen molar-refractivity contribution in [2.45, 2.75) is 25.7 Å². The zero-order chi connectivity index (χ0) is 22.9. The van der Waals surface area contributed by atoms with Gasteiger partial charge in [0, 0.05) is 32.4 Å². The summed E-state index contributed by atoms with van der Waals surface area (Å²) in [6.45, 7) is 3.39. The number of rotatable bonds is 9. The summed E-state index contributed by atoms with van der Waals surface area (Å²) in [7, 11) is 1.66. The number of amides is 1. The van der Waals surface area contributed by atoms with Gasteiger partial charge in [0.1, 0.15) is 5.75 Å². The third kappa shape index (κ3) is 6.88. The molecule has 0 aliphatic carbocycles. The summed E-state index contributed by atoms with van der Waals surface area (Å²) in [4.78, 5) is 21.7. The monoisotopic (exact) mass is 445 g/mol. The van der Waals surface area contributed by atoms with E-state index >= 15 is 0 Å². The van der Waals surface area contributed by atoms with E-state index in [1.807, 2.05) is 65.6 Å². The van der Waals surface area contributed by atoms with Crippen molar-refractivity contribution < 1.29 is 14.3 Å². The fourth-order valence-electron chi connectivity index (χ4n) is 4.10. The number of ether oxygens (including phenoxy) is 2. The molecule has 1 amide bonds. The van der Waals surface area contributed by atoms with Gasteiger partial charge in [-0.1, -0.05) is 48.5 Å². The van der Waals surface area contributed by atoms with Gasteiger partial charge in [-0.15, -0.1) is 0 Å². The highest BCUT2D eigenvalue weighted by Crippen LogP contribution is 2.17. The Kier molecular flexibility index (Phi) is 8.06. The van der Waals surface area contributed by atoms with E-state index in [1.165, 1.54) is 5.56 Å². The van der Waals surface area contributed by atoms with Crippen molar-refractivity contribution in [2.75, 3.05) is 33.3 Å². The summed E-state index contributed by atoms with van der Waals surface area (Å²) in [6, 6.07) is 24.1. The van der Waals surface area contributed by atoms with Gasteiger partial charge in [-0.25, -0.2) is 0 Å². The number of pyridine rings is 1. The van der Waals surface area contributed by atoms with Crippen LogP contribution in [-0.2, 0) is 29.1 Å². The Bertz CT molecular complexity index is 1010. The maximum atomic E-state index is 13.1. The summed E-state index contributed by atoms with van der Waals surface area (Å²) in [6.07, 6.45) is 2.52. The molecule has 0 radical (unpaired) electrons. The number of methoxy groups -OCH3 is 1. The molecule has 0 saturated carbocycles. The Morgan fingerprint density at radius 2 is 1.79 bits per heavy atom. The van der Waals surface area contributed by atoms with Gasteiger partial charge in [-0.3, -0.25) is 14.7 Å². The molecule has 1 atom stereocenters. The summed E-state index contributed by atoms with van der Waals surface area (Å²) >= 11 is 0. The van der Waals surface area contributed by atoms with E-state index in [-0.39, 0.29) is 12.0 Å². The smallest absolute Gasteiger partial charge is 0.236 e. The molecule has 1 fully saturated rings. The molecular formula is C27H31N3O3. The molecule has 172 valence electrons. The highest BCUT2D eigenvalue weighted by atomic mass is 16.5. The minimum Gasteiger partial charge on any atom is -0.497 e. The first-order valence-corrected chi connectivity index (χ1v) is 11.4. The van der Waals surface area contributed by atoms with Crippen molar-refractivity contribution in [3.05, 3.63) is 95.8 Å². The Morgan fingerprint density at radius 1 is 0.970 bits per heavy atom. The first-order chi connectivity index (χ1) is 16.2. The van der Waals surface area contributed by atoms with E-state index in [0.717, 1.165) is 23.4 Å². The first kappa shape index (κ1) is 23.0. The van der Waals surface area contributed by atoms with Gasteiger partial charge < -0.3 is 14.4 Å². The van der Waals surface area contributed by atoms with Crippen LogP contribution in [0.4, 0.5) is 0 Å². The zero-order valence-electron chi connectivity index (χ0n) is 19.1. The van der Waals surface area contributed by atoms with E-state index < -0.39 is 0 Å². The second-order valence-electron chi connectivity index (χ2n) is 8.35. The predicted molar refractivity (Wildman–Crippen MR) is 128 cm³/mol. The summed E-state index contributed by atoms with van der Waals surface area (Å²) in [5, 5.41) is 0.